The van der Waals surface area contributed by atoms with Gasteiger partial charge in [-0.05, 0) is 38.5 Å². The third-order valence-electron chi connectivity index (χ3n) is 5.24. The van der Waals surface area contributed by atoms with Crippen molar-refractivity contribution in [3.63, 3.8) is 0 Å². The predicted molar refractivity (Wildman–Crippen MR) is 98.5 cm³/mol. The van der Waals surface area contributed by atoms with Crippen molar-refractivity contribution in [3.05, 3.63) is 0 Å². The molecule has 1 rings (SSSR count). The summed E-state index contributed by atoms with van der Waals surface area (Å²) in [6.07, 6.45) is 6.00. The molecular formula is C19H33NO7. The van der Waals surface area contributed by atoms with Crippen molar-refractivity contribution < 1.29 is 34.4 Å². The SMILES string of the molecule is CCC(CCCO[C@@]1(C(=O)O)CCCN1CCCCCCC(=O)O)C(=O)O. The summed E-state index contributed by atoms with van der Waals surface area (Å²) in [5.41, 5.74) is -1.31. The minimum absolute atomic E-state index is 0.168. The Morgan fingerprint density at radius 2 is 1.78 bits per heavy atom. The Morgan fingerprint density at radius 1 is 1.07 bits per heavy atom. The number of ether oxygens (including phenoxy) is 1. The van der Waals surface area contributed by atoms with Crippen molar-refractivity contribution in [2.45, 2.75) is 76.9 Å². The van der Waals surface area contributed by atoms with Crippen LogP contribution in [0.25, 0.3) is 0 Å². The van der Waals surface area contributed by atoms with Crippen LogP contribution in [0.2, 0.25) is 0 Å². The quantitative estimate of drug-likeness (QED) is 0.366. The van der Waals surface area contributed by atoms with Crippen molar-refractivity contribution in [1.82, 2.24) is 4.90 Å². The first-order chi connectivity index (χ1) is 12.8. The van der Waals surface area contributed by atoms with Gasteiger partial charge < -0.3 is 20.1 Å². The zero-order valence-electron chi connectivity index (χ0n) is 16.2. The lowest BCUT2D eigenvalue weighted by Crippen LogP contribution is -2.53. The molecule has 0 amide bonds. The van der Waals surface area contributed by atoms with Crippen LogP contribution in [0.3, 0.4) is 0 Å². The molecule has 8 heteroatoms. The molecule has 1 aliphatic rings. The third-order valence-corrected chi connectivity index (χ3v) is 5.24. The number of aliphatic carboxylic acids is 3. The lowest BCUT2D eigenvalue weighted by Gasteiger charge is -2.34. The van der Waals surface area contributed by atoms with Gasteiger partial charge in [0, 0.05) is 32.5 Å². The maximum absolute atomic E-state index is 11.9. The molecule has 1 fully saturated rings. The van der Waals surface area contributed by atoms with Crippen molar-refractivity contribution in [1.29, 1.82) is 0 Å². The molecule has 0 aliphatic carbocycles. The average molecular weight is 387 g/mol. The van der Waals surface area contributed by atoms with E-state index in [4.69, 9.17) is 14.9 Å². The molecule has 2 atom stereocenters. The Bertz CT molecular complexity index is 496. The second-order valence-corrected chi connectivity index (χ2v) is 7.17. The van der Waals surface area contributed by atoms with Gasteiger partial charge >= 0.3 is 17.9 Å². The first-order valence-electron chi connectivity index (χ1n) is 9.90. The van der Waals surface area contributed by atoms with E-state index in [0.717, 1.165) is 25.7 Å². The molecule has 0 aromatic rings. The van der Waals surface area contributed by atoms with Crippen LogP contribution in [0.5, 0.6) is 0 Å². The molecule has 0 aromatic carbocycles. The maximum atomic E-state index is 11.9. The van der Waals surface area contributed by atoms with E-state index in [-0.39, 0.29) is 13.0 Å². The highest BCUT2D eigenvalue weighted by molar-refractivity contribution is 5.77. The van der Waals surface area contributed by atoms with E-state index in [1.807, 2.05) is 11.8 Å². The molecule has 0 aromatic heterocycles. The summed E-state index contributed by atoms with van der Waals surface area (Å²) in [5, 5.41) is 27.5. The van der Waals surface area contributed by atoms with Crippen LogP contribution < -0.4 is 0 Å². The van der Waals surface area contributed by atoms with Gasteiger partial charge in [-0.15, -0.1) is 0 Å². The molecule has 1 aliphatic heterocycles. The Kier molecular flexibility index (Phi) is 10.3. The highest BCUT2D eigenvalue weighted by atomic mass is 16.5. The van der Waals surface area contributed by atoms with Crippen LogP contribution in [0.1, 0.15) is 71.1 Å². The molecule has 27 heavy (non-hydrogen) atoms. The van der Waals surface area contributed by atoms with Gasteiger partial charge in [-0.2, -0.15) is 0 Å². The van der Waals surface area contributed by atoms with Crippen molar-refractivity contribution in [2.24, 2.45) is 5.92 Å². The fraction of sp³-hybridized carbons (Fsp3) is 0.842. The number of hydrogen-bond donors (Lipinski definition) is 3. The molecule has 1 unspecified atom stereocenters. The summed E-state index contributed by atoms with van der Waals surface area (Å²) in [6, 6.07) is 0. The molecule has 0 spiro atoms. The van der Waals surface area contributed by atoms with Crippen LogP contribution in [0.15, 0.2) is 0 Å². The molecule has 0 radical (unpaired) electrons. The summed E-state index contributed by atoms with van der Waals surface area (Å²) in [6.45, 7) is 3.32. The van der Waals surface area contributed by atoms with Gasteiger partial charge in [0.15, 0.2) is 0 Å². The molecule has 3 N–H and O–H groups in total. The smallest absolute Gasteiger partial charge is 0.351 e. The fourth-order valence-electron chi connectivity index (χ4n) is 3.61. The minimum Gasteiger partial charge on any atom is -0.481 e. The van der Waals surface area contributed by atoms with E-state index in [9.17, 15) is 19.5 Å². The maximum Gasteiger partial charge on any atom is 0.351 e. The van der Waals surface area contributed by atoms with Gasteiger partial charge in [0.05, 0.1) is 5.92 Å². The average Bonchev–Trinajstić information content (AvgIpc) is 3.01. The normalized spacial score (nSPS) is 21.2. The summed E-state index contributed by atoms with van der Waals surface area (Å²) < 4.78 is 5.80. The topological polar surface area (TPSA) is 124 Å². The van der Waals surface area contributed by atoms with Crippen LogP contribution >= 0.6 is 0 Å². The molecule has 0 saturated carbocycles. The van der Waals surface area contributed by atoms with Gasteiger partial charge in [0.2, 0.25) is 5.72 Å². The van der Waals surface area contributed by atoms with Crippen molar-refractivity contribution in [2.75, 3.05) is 19.7 Å². The highest BCUT2D eigenvalue weighted by Crippen LogP contribution is 2.32. The summed E-state index contributed by atoms with van der Waals surface area (Å²) in [4.78, 5) is 35.3. The van der Waals surface area contributed by atoms with E-state index >= 15 is 0 Å². The number of likely N-dealkylation sites (tertiary alicyclic amines) is 1. The molecule has 1 saturated heterocycles. The first-order valence-corrected chi connectivity index (χ1v) is 9.90. The van der Waals surface area contributed by atoms with Crippen molar-refractivity contribution >= 4 is 17.9 Å². The fourth-order valence-corrected chi connectivity index (χ4v) is 3.61. The Labute approximate surface area is 160 Å². The van der Waals surface area contributed by atoms with Crippen molar-refractivity contribution in [3.8, 4) is 0 Å². The van der Waals surface area contributed by atoms with Gasteiger partial charge in [-0.3, -0.25) is 14.5 Å². The van der Waals surface area contributed by atoms with Crippen LogP contribution in [0, 0.1) is 5.92 Å². The second kappa shape index (κ2) is 11.9. The number of rotatable bonds is 15. The Balaban J connectivity index is 2.44. The Morgan fingerprint density at radius 3 is 2.37 bits per heavy atom. The number of unbranched alkanes of at least 4 members (excludes halogenated alkanes) is 3. The highest BCUT2D eigenvalue weighted by Gasteiger charge is 2.48. The molecule has 1 heterocycles. The van der Waals surface area contributed by atoms with E-state index in [1.54, 1.807) is 0 Å². The monoisotopic (exact) mass is 387 g/mol. The van der Waals surface area contributed by atoms with Gasteiger partial charge in [0.25, 0.3) is 0 Å². The van der Waals surface area contributed by atoms with Crippen LogP contribution in [0.4, 0.5) is 0 Å². The number of carboxylic acids is 3. The van der Waals surface area contributed by atoms with Gasteiger partial charge in [0.1, 0.15) is 0 Å². The van der Waals surface area contributed by atoms with E-state index < -0.39 is 29.6 Å². The van der Waals surface area contributed by atoms with Gasteiger partial charge in [-0.25, -0.2) is 4.79 Å². The largest absolute Gasteiger partial charge is 0.481 e. The van der Waals surface area contributed by atoms with Crippen LogP contribution in [-0.2, 0) is 19.1 Å². The zero-order chi connectivity index (χ0) is 20.3. The van der Waals surface area contributed by atoms with Gasteiger partial charge in [-0.1, -0.05) is 19.8 Å². The molecule has 8 nitrogen and oxygen atoms in total. The first kappa shape index (κ1) is 23.4. The third kappa shape index (κ3) is 7.46. The predicted octanol–water partition coefficient (Wildman–Crippen LogP) is 2.81. The summed E-state index contributed by atoms with van der Waals surface area (Å²) >= 11 is 0. The number of hydrogen-bond acceptors (Lipinski definition) is 5. The summed E-state index contributed by atoms with van der Waals surface area (Å²) in [5.74, 6) is -3.02. The lowest BCUT2D eigenvalue weighted by molar-refractivity contribution is -0.191. The number of carbonyl (C=O) groups is 3. The Hall–Kier alpha value is -1.67. The molecule has 0 bridgehead atoms. The second-order valence-electron chi connectivity index (χ2n) is 7.17. The number of carboxylic acid groups (broad SMARTS) is 3. The van der Waals surface area contributed by atoms with E-state index in [1.165, 1.54) is 0 Å². The summed E-state index contributed by atoms with van der Waals surface area (Å²) in [7, 11) is 0. The molecule has 156 valence electrons. The van der Waals surface area contributed by atoms with Crippen LogP contribution in [-0.4, -0.2) is 63.5 Å². The van der Waals surface area contributed by atoms with E-state index in [0.29, 0.717) is 45.2 Å². The molecular weight excluding hydrogens is 354 g/mol. The minimum atomic E-state index is -1.31. The number of nitrogens with zero attached hydrogens (tertiary/aromatic N) is 1. The standard InChI is InChI=1S/C19H33NO7/c1-2-15(17(23)24)9-7-14-27-19(18(25)26)11-8-13-20(19)12-6-4-3-5-10-16(21)22/h15H,2-14H2,1H3,(H,21,22)(H,23,24)(H,25,26)/t15?,19-/m1/s1. The van der Waals surface area contributed by atoms with E-state index in [2.05, 4.69) is 0 Å². The lowest BCUT2D eigenvalue weighted by atomic mass is 10.0. The zero-order valence-corrected chi connectivity index (χ0v) is 16.2.